The molecule has 0 bridgehead atoms. The number of esters is 2. The van der Waals surface area contributed by atoms with Crippen molar-refractivity contribution in [3.63, 3.8) is 0 Å². The molecule has 2 fully saturated rings. The van der Waals surface area contributed by atoms with Crippen LogP contribution in [0.5, 0.6) is 0 Å². The second-order valence-electron chi connectivity index (χ2n) is 24.6. The van der Waals surface area contributed by atoms with Gasteiger partial charge >= 0.3 is 42.3 Å². The van der Waals surface area contributed by atoms with Gasteiger partial charge in [0.2, 0.25) is 17.7 Å². The van der Waals surface area contributed by atoms with Gasteiger partial charge in [-0.3, -0.25) is 33.8 Å². The molecule has 3 heterocycles. The van der Waals surface area contributed by atoms with Crippen LogP contribution in [0.4, 0.5) is 19.2 Å². The molecule has 2 atom stereocenters. The van der Waals surface area contributed by atoms with Crippen molar-refractivity contribution >= 4 is 83.4 Å². The molecule has 3 aromatic carbocycles. The van der Waals surface area contributed by atoms with Crippen molar-refractivity contribution in [3.8, 4) is 12.8 Å². The number of carbonyl (C=O) groups excluding carboxylic acids is 9. The smallest absolute Gasteiger partial charge is 0.411 e. The summed E-state index contributed by atoms with van der Waals surface area (Å²) in [5.74, 6) is -2.99. The van der Waals surface area contributed by atoms with E-state index in [0.29, 0.717) is 17.6 Å². The summed E-state index contributed by atoms with van der Waals surface area (Å²) >= 11 is 0. The van der Waals surface area contributed by atoms with Crippen molar-refractivity contribution in [2.45, 2.75) is 156 Å². The number of hydrogen-bond donors (Lipinski definition) is 6. The normalized spacial score (nSPS) is 14.4. The number of rotatable bonds is 17. The number of carbonyl (C=O) groups is 10. The van der Waals surface area contributed by atoms with Gasteiger partial charge in [0, 0.05) is 65.2 Å². The molecule has 0 saturated carbocycles. The van der Waals surface area contributed by atoms with Gasteiger partial charge in [0.05, 0.1) is 25.9 Å². The zero-order valence-corrected chi connectivity index (χ0v) is 56.5. The quantitative estimate of drug-likeness (QED) is 0.0286. The number of benzene rings is 3. The van der Waals surface area contributed by atoms with Crippen LogP contribution in [0, 0.1) is 12.8 Å². The van der Waals surface area contributed by atoms with Crippen molar-refractivity contribution < 1.29 is 88.1 Å². The van der Waals surface area contributed by atoms with Crippen LogP contribution in [-0.2, 0) is 70.4 Å². The summed E-state index contributed by atoms with van der Waals surface area (Å²) in [6.45, 7) is 22.1. The first-order valence-electron chi connectivity index (χ1n) is 30.4. The highest BCUT2D eigenvalue weighted by molar-refractivity contribution is 5.88. The number of halogens is 1. The second-order valence-corrected chi connectivity index (χ2v) is 24.6. The van der Waals surface area contributed by atoms with Gasteiger partial charge < -0.3 is 70.2 Å². The first kappa shape index (κ1) is 80.7. The van der Waals surface area contributed by atoms with Gasteiger partial charge in [-0.2, -0.15) is 0 Å². The molecule has 6 rings (SSSR count). The van der Waals surface area contributed by atoms with E-state index in [9.17, 15) is 53.1 Å². The second kappa shape index (κ2) is 40.5. The Balaban J connectivity index is 0.000000689. The van der Waals surface area contributed by atoms with Gasteiger partial charge in [-0.15, -0.1) is 30.3 Å². The van der Waals surface area contributed by atoms with Crippen LogP contribution in [0.15, 0.2) is 84.9 Å². The number of para-hydroxylation sites is 1. The SMILES string of the molecule is CC(C)(C)OC(=O)N1CCN(C(=O)OC(C)(C)C)C(C(=O)NCCC(=O)NCCC(=O)OCc2ccccc2)C1.CC(C)(C)OC(=O)N1CCN(C(=O)OC(C)(C)C)C(C(=O)O)C1.Cl.NCCC(=O)NCCC(=O)OCc1ccccc1.On1nnc2ccccc21.[2H]C#C. The Morgan fingerprint density at radius 3 is 1.33 bits per heavy atom. The van der Waals surface area contributed by atoms with E-state index in [0.717, 1.165) is 20.9 Å². The van der Waals surface area contributed by atoms with Crippen LogP contribution < -0.4 is 21.7 Å². The van der Waals surface area contributed by atoms with Crippen molar-refractivity contribution in [1.29, 1.82) is 0 Å². The van der Waals surface area contributed by atoms with Crippen molar-refractivity contribution in [3.05, 3.63) is 96.1 Å². The number of terminal acetylenes is 1. The fourth-order valence-corrected chi connectivity index (χ4v) is 7.87. The van der Waals surface area contributed by atoms with Crippen LogP contribution >= 0.6 is 12.4 Å². The number of aromatic nitrogens is 3. The molecule has 0 spiro atoms. The Morgan fingerprint density at radius 2 is 0.926 bits per heavy atom. The lowest BCUT2D eigenvalue weighted by Crippen LogP contribution is -2.62. The van der Waals surface area contributed by atoms with Gasteiger partial charge in [-0.05, 0) is 112 Å². The molecule has 94 heavy (non-hydrogen) atoms. The van der Waals surface area contributed by atoms with E-state index in [2.05, 4.69) is 32.7 Å². The molecular formula is C64H94ClN11O18. The van der Waals surface area contributed by atoms with Crippen LogP contribution in [0.25, 0.3) is 11.0 Å². The number of aliphatic carboxylic acids is 1. The van der Waals surface area contributed by atoms with Gasteiger partial charge in [0.15, 0.2) is 6.04 Å². The predicted octanol–water partition coefficient (Wildman–Crippen LogP) is 6.45. The van der Waals surface area contributed by atoms with Crippen LogP contribution in [0.2, 0.25) is 0 Å². The maximum absolute atomic E-state index is 13.1. The fourth-order valence-electron chi connectivity index (χ4n) is 7.87. The zero-order valence-electron chi connectivity index (χ0n) is 56.7. The number of carboxylic acids is 1. The Labute approximate surface area is 556 Å². The van der Waals surface area contributed by atoms with Gasteiger partial charge in [-0.1, -0.05) is 77.6 Å². The molecule has 2 saturated heterocycles. The summed E-state index contributed by atoms with van der Waals surface area (Å²) in [6.07, 6.45) is 3.63. The molecule has 2 aliphatic rings. The topological polar surface area (TPSA) is 372 Å². The monoisotopic (exact) mass is 1340 g/mol. The largest absolute Gasteiger partial charge is 0.480 e. The third-order valence-corrected chi connectivity index (χ3v) is 12.1. The molecule has 30 heteroatoms. The maximum atomic E-state index is 13.1. The summed E-state index contributed by atoms with van der Waals surface area (Å²) in [7, 11) is 0. The highest BCUT2D eigenvalue weighted by Gasteiger charge is 2.42. The molecule has 0 aliphatic carbocycles. The van der Waals surface area contributed by atoms with E-state index in [4.69, 9.17) is 40.7 Å². The number of amides is 7. The number of nitrogens with one attached hydrogen (secondary N) is 3. The maximum Gasteiger partial charge on any atom is 0.411 e. The Morgan fingerprint density at radius 1 is 0.553 bits per heavy atom. The fraction of sp³-hybridized carbons (Fsp3) is 0.531. The molecule has 29 nitrogen and oxygen atoms in total. The highest BCUT2D eigenvalue weighted by atomic mass is 35.5. The van der Waals surface area contributed by atoms with Crippen LogP contribution in [0.1, 0.15) is 121 Å². The zero-order chi connectivity index (χ0) is 70.8. The molecule has 4 aromatic rings. The van der Waals surface area contributed by atoms with Crippen molar-refractivity contribution in [1.82, 2.24) is 50.7 Å². The van der Waals surface area contributed by atoms with E-state index in [1.54, 1.807) is 95.2 Å². The molecule has 2 unspecified atom stereocenters. The lowest BCUT2D eigenvalue weighted by Gasteiger charge is -2.41. The molecule has 1 aromatic heterocycles. The molecule has 0 radical (unpaired) electrons. The van der Waals surface area contributed by atoms with Crippen molar-refractivity contribution in [2.24, 2.45) is 5.73 Å². The van der Waals surface area contributed by atoms with E-state index in [-0.39, 0.29) is 128 Å². The highest BCUT2D eigenvalue weighted by Crippen LogP contribution is 2.21. The summed E-state index contributed by atoms with van der Waals surface area (Å²) in [6, 6.07) is 23.7. The van der Waals surface area contributed by atoms with E-state index < -0.39 is 76.7 Å². The number of nitrogens with two attached hydrogens (primary N) is 1. The van der Waals surface area contributed by atoms with E-state index >= 15 is 0 Å². The first-order valence-corrected chi connectivity index (χ1v) is 29.9. The molecular weight excluding hydrogens is 1250 g/mol. The van der Waals surface area contributed by atoms with Gasteiger partial charge in [0.1, 0.15) is 54.1 Å². The van der Waals surface area contributed by atoms with Gasteiger partial charge in [-0.25, -0.2) is 24.0 Å². The minimum absolute atomic E-state index is 0. The van der Waals surface area contributed by atoms with Gasteiger partial charge in [0.25, 0.3) is 0 Å². The van der Waals surface area contributed by atoms with Crippen molar-refractivity contribution in [2.75, 3.05) is 65.4 Å². The predicted molar refractivity (Wildman–Crippen MR) is 348 cm³/mol. The Hall–Kier alpha value is -9.43. The third-order valence-electron chi connectivity index (χ3n) is 12.1. The lowest BCUT2D eigenvalue weighted by molar-refractivity contribution is -0.146. The average molecular weight is 1340 g/mol. The summed E-state index contributed by atoms with van der Waals surface area (Å²) in [5, 5.41) is 33.3. The van der Waals surface area contributed by atoms with Crippen LogP contribution in [-0.4, -0.2) is 205 Å². The number of piperazine rings is 2. The number of carboxylic acid groups (broad SMARTS) is 1. The Bertz CT molecular complexity index is 3130. The number of ether oxygens (including phenoxy) is 6. The lowest BCUT2D eigenvalue weighted by atomic mass is 10.1. The third kappa shape index (κ3) is 33.8. The number of fused-ring (bicyclic) bond motifs is 1. The minimum Gasteiger partial charge on any atom is -0.480 e. The van der Waals surface area contributed by atoms with E-state index in [1.807, 2.05) is 72.8 Å². The average Bonchev–Trinajstić information content (AvgIpc) is 1.48. The number of hydrogen-bond acceptors (Lipinski definition) is 20. The molecule has 520 valence electrons. The Kier molecular flexibility index (Phi) is 34.8. The summed E-state index contributed by atoms with van der Waals surface area (Å²) < 4.78 is 37.3. The molecule has 2 aliphatic heterocycles. The summed E-state index contributed by atoms with van der Waals surface area (Å²) in [4.78, 5) is 126. The summed E-state index contributed by atoms with van der Waals surface area (Å²) in [5.41, 5.74) is 5.48. The van der Waals surface area contributed by atoms with Crippen LogP contribution in [0.3, 0.4) is 0 Å². The number of nitrogens with zero attached hydrogens (tertiary/aromatic N) is 7. The standard InChI is InChI=1S/C28H42N4O8.C15H26N2O6.C13H18N2O3.C6H5N3O.C2H2.ClH/c1-27(2,3)39-25(36)31-16-17-32(26(37)40-28(4,5)6)21(18-31)24(35)30-14-12-22(33)29-15-13-23(34)38-19-20-10-8-7-9-11-20;1-14(2,3)22-12(20)16-7-8-17(10(9-16)11(18)19)13(21)23-15(4,5)6;14-8-6-12(16)15-9-7-13(17)18-10-11-4-2-1-3-5-11;10-9-6-4-2-1-3-5(6)7-8-9;1-2;/h7-11,21H,12-19H2,1-6H3,(H,29,33)(H,30,35);10H,7-9H2,1-6H3,(H,18,19);1-5H,6-10,14H2,(H,15,16);1-4,10H;1-2H;1H/i;;;;1D;. The minimum atomic E-state index is -1.19. The van der Waals surface area contributed by atoms with E-state index in [1.165, 1.54) is 21.1 Å². The first-order chi connectivity index (χ1) is 44.0. The molecule has 7 N–H and O–H groups in total. The molecule has 7 amide bonds.